The lowest BCUT2D eigenvalue weighted by atomic mass is 10.3. The molecule has 0 unspecified atom stereocenters. The lowest BCUT2D eigenvalue weighted by molar-refractivity contribution is -0.115. The van der Waals surface area contributed by atoms with Gasteiger partial charge < -0.3 is 0 Å². The molecule has 0 saturated carbocycles. The Balaban J connectivity index is 4.54. The van der Waals surface area contributed by atoms with E-state index in [4.69, 9.17) is 0 Å². The molecule has 0 radical (unpaired) electrons. The third kappa shape index (κ3) is 2.05. The fourth-order valence-electron chi connectivity index (χ4n) is 0.276. The van der Waals surface area contributed by atoms with Crippen LogP contribution in [0.4, 0.5) is 13.2 Å². The topological polar surface area (TPSA) is 17.1 Å². The summed E-state index contributed by atoms with van der Waals surface area (Å²) in [5, 5.41) is 0. The first-order valence-corrected chi connectivity index (χ1v) is 2.37. The van der Waals surface area contributed by atoms with Gasteiger partial charge in [0.1, 0.15) is 5.83 Å². The highest BCUT2D eigenvalue weighted by Gasteiger charge is 2.15. The van der Waals surface area contributed by atoms with Crippen LogP contribution in [0, 0.1) is 0 Å². The van der Waals surface area contributed by atoms with Crippen LogP contribution in [0.2, 0.25) is 0 Å². The summed E-state index contributed by atoms with van der Waals surface area (Å²) in [4.78, 5) is 10.1. The first-order chi connectivity index (χ1) is 4.46. The van der Waals surface area contributed by atoms with Gasteiger partial charge in [-0.05, 0) is 6.92 Å². The zero-order chi connectivity index (χ0) is 8.31. The van der Waals surface area contributed by atoms with Gasteiger partial charge in [0.25, 0.3) is 5.78 Å². The Morgan fingerprint density at radius 2 is 1.70 bits per heavy atom. The van der Waals surface area contributed by atoms with Gasteiger partial charge >= 0.3 is 0 Å². The number of ketones is 1. The number of halogens is 3. The molecule has 0 aromatic rings. The molecule has 0 spiro atoms. The molecular weight excluding hydrogens is 145 g/mol. The Hall–Kier alpha value is -1.06. The summed E-state index contributed by atoms with van der Waals surface area (Å²) >= 11 is 0. The molecule has 4 heteroatoms. The van der Waals surface area contributed by atoms with Crippen molar-refractivity contribution in [3.05, 3.63) is 24.1 Å². The Morgan fingerprint density at radius 3 is 1.80 bits per heavy atom. The largest absolute Gasteiger partial charge is 0.283 e. The molecule has 0 atom stereocenters. The molecular formula is C6H5F3O. The van der Waals surface area contributed by atoms with Crippen LogP contribution in [0.25, 0.3) is 0 Å². The molecule has 0 aliphatic rings. The van der Waals surface area contributed by atoms with E-state index in [1.54, 1.807) is 0 Å². The molecule has 10 heavy (non-hydrogen) atoms. The first-order valence-electron chi connectivity index (χ1n) is 2.37. The van der Waals surface area contributed by atoms with E-state index in [1.807, 2.05) is 0 Å². The van der Waals surface area contributed by atoms with Crippen molar-refractivity contribution >= 4 is 5.78 Å². The van der Waals surface area contributed by atoms with E-state index in [1.165, 1.54) is 0 Å². The molecule has 0 bridgehead atoms. The van der Waals surface area contributed by atoms with Crippen molar-refractivity contribution in [2.24, 2.45) is 0 Å². The van der Waals surface area contributed by atoms with Gasteiger partial charge in [0.2, 0.25) is 5.83 Å². The fraction of sp³-hybridized carbons (Fsp3) is 0.167. The predicted molar refractivity (Wildman–Crippen MR) is 30.2 cm³/mol. The monoisotopic (exact) mass is 150 g/mol. The number of hydrogen-bond acceptors (Lipinski definition) is 1. The quantitative estimate of drug-likeness (QED) is 0.551. The van der Waals surface area contributed by atoms with E-state index in [-0.39, 0.29) is 0 Å². The number of Topliss-reactive ketones (excluding diaryl/α,β-unsaturated/α-hetero) is 1. The molecule has 0 aromatic heterocycles. The lowest BCUT2D eigenvalue weighted by Gasteiger charge is -1.90. The Kier molecular flexibility index (Phi) is 2.86. The fourth-order valence-corrected chi connectivity index (χ4v) is 0.276. The zero-order valence-electron chi connectivity index (χ0n) is 5.25. The Labute approximate surface area is 55.8 Å². The van der Waals surface area contributed by atoms with E-state index in [0.717, 1.165) is 6.92 Å². The van der Waals surface area contributed by atoms with Crippen molar-refractivity contribution < 1.29 is 18.0 Å². The maximum absolute atomic E-state index is 12.0. The predicted octanol–water partition coefficient (Wildman–Crippen LogP) is 2.21. The molecule has 0 N–H and O–H groups in total. The molecule has 0 aliphatic heterocycles. The minimum Gasteiger partial charge on any atom is -0.283 e. The second-order valence-electron chi connectivity index (χ2n) is 1.58. The van der Waals surface area contributed by atoms with Crippen LogP contribution >= 0.6 is 0 Å². The summed E-state index contributed by atoms with van der Waals surface area (Å²) < 4.78 is 35.5. The normalized spacial score (nSPS) is 12.4. The van der Waals surface area contributed by atoms with E-state index < -0.39 is 23.3 Å². The lowest BCUT2D eigenvalue weighted by Crippen LogP contribution is -1.98. The van der Waals surface area contributed by atoms with Gasteiger partial charge in [-0.25, -0.2) is 8.78 Å². The summed E-state index contributed by atoms with van der Waals surface area (Å²) in [7, 11) is 0. The van der Waals surface area contributed by atoms with Crippen LogP contribution in [-0.4, -0.2) is 5.78 Å². The molecule has 0 fully saturated rings. The van der Waals surface area contributed by atoms with Crippen molar-refractivity contribution in [2.45, 2.75) is 6.92 Å². The summed E-state index contributed by atoms with van der Waals surface area (Å²) in [6.07, 6.45) is 0. The van der Waals surface area contributed by atoms with E-state index >= 15 is 0 Å². The average molecular weight is 150 g/mol. The molecule has 56 valence electrons. The second kappa shape index (κ2) is 3.20. The molecule has 1 nitrogen and oxygen atoms in total. The smallest absolute Gasteiger partial charge is 0.251 e. The Bertz CT molecular complexity index is 201. The number of carbonyl (C=O) groups is 1. The number of allylic oxidation sites excluding steroid dienone is 3. The first kappa shape index (κ1) is 8.94. The average Bonchev–Trinajstić information content (AvgIpc) is 1.84. The van der Waals surface area contributed by atoms with Crippen molar-refractivity contribution in [3.8, 4) is 0 Å². The van der Waals surface area contributed by atoms with Gasteiger partial charge in [0, 0.05) is 0 Å². The van der Waals surface area contributed by atoms with Crippen LogP contribution in [0.1, 0.15) is 6.92 Å². The maximum atomic E-state index is 12.0. The molecule has 0 aromatic carbocycles. The van der Waals surface area contributed by atoms with Crippen molar-refractivity contribution in [3.63, 3.8) is 0 Å². The highest BCUT2D eigenvalue weighted by molar-refractivity contribution is 6.04. The van der Waals surface area contributed by atoms with Gasteiger partial charge in [0.15, 0.2) is 5.83 Å². The summed E-state index contributed by atoms with van der Waals surface area (Å²) in [6, 6.07) is 0. The highest BCUT2D eigenvalue weighted by Crippen LogP contribution is 2.12. The SMILES string of the molecule is C=C(F)C(=O)C(F)=C(C)F. The Morgan fingerprint density at radius 1 is 1.30 bits per heavy atom. The van der Waals surface area contributed by atoms with E-state index in [0.29, 0.717) is 0 Å². The highest BCUT2D eigenvalue weighted by atomic mass is 19.2. The van der Waals surface area contributed by atoms with Crippen LogP contribution in [0.5, 0.6) is 0 Å². The molecule has 0 heterocycles. The van der Waals surface area contributed by atoms with Gasteiger partial charge in [-0.1, -0.05) is 6.58 Å². The van der Waals surface area contributed by atoms with Crippen LogP contribution < -0.4 is 0 Å². The standard InChI is InChI=1S/C6H5F3O/c1-3(7)5(9)6(10)4(2)8/h2H2,1H3. The number of rotatable bonds is 2. The van der Waals surface area contributed by atoms with Crippen molar-refractivity contribution in [2.75, 3.05) is 0 Å². The minimum absolute atomic E-state index is 0.718. The molecule has 0 saturated heterocycles. The van der Waals surface area contributed by atoms with E-state index in [2.05, 4.69) is 6.58 Å². The third-order valence-electron chi connectivity index (χ3n) is 0.748. The summed E-state index contributed by atoms with van der Waals surface area (Å²) in [5.41, 5.74) is 0. The molecule has 0 aliphatic carbocycles. The summed E-state index contributed by atoms with van der Waals surface area (Å²) in [5.74, 6) is -6.22. The third-order valence-corrected chi connectivity index (χ3v) is 0.748. The number of hydrogen-bond donors (Lipinski definition) is 0. The van der Waals surface area contributed by atoms with Crippen molar-refractivity contribution in [1.82, 2.24) is 0 Å². The zero-order valence-corrected chi connectivity index (χ0v) is 5.25. The molecule has 0 amide bonds. The summed E-state index contributed by atoms with van der Waals surface area (Å²) in [6.45, 7) is 3.22. The van der Waals surface area contributed by atoms with Gasteiger partial charge in [-0.2, -0.15) is 4.39 Å². The maximum Gasteiger partial charge on any atom is 0.251 e. The van der Waals surface area contributed by atoms with Crippen molar-refractivity contribution in [1.29, 1.82) is 0 Å². The minimum atomic E-state index is -1.73. The molecule has 0 rings (SSSR count). The number of carbonyl (C=O) groups excluding carboxylic acids is 1. The van der Waals surface area contributed by atoms with Gasteiger partial charge in [-0.15, -0.1) is 0 Å². The van der Waals surface area contributed by atoms with Gasteiger partial charge in [-0.3, -0.25) is 4.79 Å². The van der Waals surface area contributed by atoms with Crippen LogP contribution in [0.3, 0.4) is 0 Å². The van der Waals surface area contributed by atoms with Gasteiger partial charge in [0.05, 0.1) is 0 Å². The second-order valence-corrected chi connectivity index (χ2v) is 1.58. The van der Waals surface area contributed by atoms with Crippen LogP contribution in [-0.2, 0) is 4.79 Å². The van der Waals surface area contributed by atoms with Crippen LogP contribution in [0.15, 0.2) is 24.1 Å². The van der Waals surface area contributed by atoms with E-state index in [9.17, 15) is 18.0 Å².